The predicted octanol–water partition coefficient (Wildman–Crippen LogP) is 3.11. The van der Waals surface area contributed by atoms with E-state index in [0.717, 1.165) is 24.3 Å². The van der Waals surface area contributed by atoms with E-state index in [9.17, 15) is 0 Å². The second kappa shape index (κ2) is 6.80. The average Bonchev–Trinajstić information content (AvgIpc) is 3.32. The molecule has 0 spiro atoms. The quantitative estimate of drug-likeness (QED) is 0.816. The minimum atomic E-state index is 0.798. The summed E-state index contributed by atoms with van der Waals surface area (Å²) in [7, 11) is 2.30. The monoisotopic (exact) mass is 287 g/mol. The van der Waals surface area contributed by atoms with Crippen LogP contribution in [0.3, 0.4) is 0 Å². The summed E-state index contributed by atoms with van der Waals surface area (Å²) in [6.45, 7) is 3.61. The third kappa shape index (κ3) is 4.21. The van der Waals surface area contributed by atoms with Crippen molar-refractivity contribution in [3.05, 3.63) is 29.8 Å². The highest BCUT2D eigenvalue weighted by atomic mass is 15.2. The van der Waals surface area contributed by atoms with Crippen LogP contribution < -0.4 is 5.73 Å². The lowest BCUT2D eigenvalue weighted by atomic mass is 10.00. The van der Waals surface area contributed by atoms with Crippen LogP contribution in [0.2, 0.25) is 0 Å². The zero-order chi connectivity index (χ0) is 14.7. The topological polar surface area (TPSA) is 32.5 Å². The first kappa shape index (κ1) is 14.9. The molecule has 1 aromatic rings. The number of nitrogen functional groups attached to an aromatic ring is 1. The third-order valence-corrected chi connectivity index (χ3v) is 5.10. The number of anilines is 1. The minimum Gasteiger partial charge on any atom is -0.399 e. The van der Waals surface area contributed by atoms with Crippen molar-refractivity contribution in [1.29, 1.82) is 0 Å². The number of benzene rings is 1. The number of rotatable bonds is 6. The first-order valence-corrected chi connectivity index (χ1v) is 8.51. The Labute approximate surface area is 129 Å². The fourth-order valence-electron chi connectivity index (χ4n) is 3.51. The van der Waals surface area contributed by atoms with Gasteiger partial charge in [-0.25, -0.2) is 0 Å². The van der Waals surface area contributed by atoms with Crippen LogP contribution in [-0.2, 0) is 6.54 Å². The highest BCUT2D eigenvalue weighted by molar-refractivity contribution is 5.39. The molecule has 1 unspecified atom stereocenters. The summed E-state index contributed by atoms with van der Waals surface area (Å²) in [5.74, 6) is 0. The molecule has 0 bridgehead atoms. The fraction of sp³-hybridized carbons (Fsp3) is 0.667. The molecule has 1 heterocycles. The van der Waals surface area contributed by atoms with E-state index >= 15 is 0 Å². The molecule has 2 fully saturated rings. The van der Waals surface area contributed by atoms with Gasteiger partial charge in [-0.05, 0) is 63.4 Å². The van der Waals surface area contributed by atoms with Crippen LogP contribution in [0.5, 0.6) is 0 Å². The van der Waals surface area contributed by atoms with E-state index in [2.05, 4.69) is 29.0 Å². The Hall–Kier alpha value is -1.06. The second-order valence-electron chi connectivity index (χ2n) is 6.86. The maximum atomic E-state index is 5.78. The van der Waals surface area contributed by atoms with Gasteiger partial charge in [-0.2, -0.15) is 0 Å². The van der Waals surface area contributed by atoms with Gasteiger partial charge in [0.05, 0.1) is 0 Å². The molecule has 1 aromatic carbocycles. The SMILES string of the molecule is CN1CCCCC1CCN(Cc1ccc(N)cc1)C1CC1. The first-order valence-electron chi connectivity index (χ1n) is 8.51. The lowest BCUT2D eigenvalue weighted by Crippen LogP contribution is -2.39. The zero-order valence-electron chi connectivity index (χ0n) is 13.3. The molecule has 1 atom stereocenters. The van der Waals surface area contributed by atoms with Crippen molar-refractivity contribution in [3.63, 3.8) is 0 Å². The summed E-state index contributed by atoms with van der Waals surface area (Å²) in [6.07, 6.45) is 8.27. The van der Waals surface area contributed by atoms with E-state index in [1.165, 1.54) is 57.2 Å². The van der Waals surface area contributed by atoms with E-state index in [1.54, 1.807) is 0 Å². The van der Waals surface area contributed by atoms with Crippen molar-refractivity contribution in [2.45, 2.75) is 57.2 Å². The third-order valence-electron chi connectivity index (χ3n) is 5.10. The summed E-state index contributed by atoms with van der Waals surface area (Å²) < 4.78 is 0. The Morgan fingerprint density at radius 3 is 2.57 bits per heavy atom. The molecule has 0 aromatic heterocycles. The molecule has 2 N–H and O–H groups in total. The first-order chi connectivity index (χ1) is 10.2. The number of hydrogen-bond donors (Lipinski definition) is 1. The van der Waals surface area contributed by atoms with E-state index in [4.69, 9.17) is 5.73 Å². The molecule has 3 rings (SSSR count). The van der Waals surface area contributed by atoms with Gasteiger partial charge in [-0.3, -0.25) is 4.90 Å². The van der Waals surface area contributed by atoms with Crippen molar-refractivity contribution >= 4 is 5.69 Å². The molecular formula is C18H29N3. The zero-order valence-corrected chi connectivity index (χ0v) is 13.3. The largest absolute Gasteiger partial charge is 0.399 e. The summed E-state index contributed by atoms with van der Waals surface area (Å²) in [4.78, 5) is 5.26. The number of nitrogens with two attached hydrogens (primary N) is 1. The molecule has 116 valence electrons. The van der Waals surface area contributed by atoms with Gasteiger partial charge >= 0.3 is 0 Å². The molecular weight excluding hydrogens is 258 g/mol. The fourth-order valence-corrected chi connectivity index (χ4v) is 3.51. The molecule has 1 aliphatic carbocycles. The Morgan fingerprint density at radius 2 is 1.90 bits per heavy atom. The van der Waals surface area contributed by atoms with E-state index in [0.29, 0.717) is 0 Å². The van der Waals surface area contributed by atoms with Crippen LogP contribution in [0.15, 0.2) is 24.3 Å². The van der Waals surface area contributed by atoms with E-state index in [1.807, 2.05) is 12.1 Å². The van der Waals surface area contributed by atoms with Gasteiger partial charge in [0.15, 0.2) is 0 Å². The van der Waals surface area contributed by atoms with Gasteiger partial charge in [0.2, 0.25) is 0 Å². The van der Waals surface area contributed by atoms with Gasteiger partial charge in [-0.15, -0.1) is 0 Å². The summed E-state index contributed by atoms with van der Waals surface area (Å²) >= 11 is 0. The maximum Gasteiger partial charge on any atom is 0.0314 e. The molecule has 1 saturated carbocycles. The molecule has 1 aliphatic heterocycles. The number of nitrogens with zero attached hydrogens (tertiary/aromatic N) is 2. The van der Waals surface area contributed by atoms with Crippen molar-refractivity contribution < 1.29 is 0 Å². The van der Waals surface area contributed by atoms with Gasteiger partial charge in [0.25, 0.3) is 0 Å². The number of likely N-dealkylation sites (tertiary alicyclic amines) is 1. The summed E-state index contributed by atoms with van der Waals surface area (Å²) in [6, 6.07) is 10.0. The van der Waals surface area contributed by atoms with Crippen molar-refractivity contribution in [2.75, 3.05) is 25.9 Å². The Kier molecular flexibility index (Phi) is 4.81. The number of hydrogen-bond acceptors (Lipinski definition) is 3. The normalized spacial score (nSPS) is 23.6. The standard InChI is InChI=1S/C18H29N3/c1-20-12-3-2-4-17(20)11-13-21(18-9-10-18)14-15-5-7-16(19)8-6-15/h5-8,17-18H,2-4,9-14,19H2,1H3. The molecule has 3 nitrogen and oxygen atoms in total. The Morgan fingerprint density at radius 1 is 1.14 bits per heavy atom. The lowest BCUT2D eigenvalue weighted by molar-refractivity contribution is 0.149. The molecule has 2 aliphatic rings. The Balaban J connectivity index is 1.53. The molecule has 3 heteroatoms. The highest BCUT2D eigenvalue weighted by Crippen LogP contribution is 2.29. The van der Waals surface area contributed by atoms with Crippen LogP contribution >= 0.6 is 0 Å². The minimum absolute atomic E-state index is 0.798. The van der Waals surface area contributed by atoms with Gasteiger partial charge < -0.3 is 10.6 Å². The average molecular weight is 287 g/mol. The molecule has 1 saturated heterocycles. The Bertz CT molecular complexity index is 438. The predicted molar refractivity (Wildman–Crippen MR) is 89.2 cm³/mol. The van der Waals surface area contributed by atoms with E-state index in [-0.39, 0.29) is 0 Å². The van der Waals surface area contributed by atoms with Crippen LogP contribution in [-0.4, -0.2) is 42.0 Å². The van der Waals surface area contributed by atoms with Crippen molar-refractivity contribution in [3.8, 4) is 0 Å². The molecule has 21 heavy (non-hydrogen) atoms. The molecule has 0 radical (unpaired) electrons. The number of piperidine rings is 1. The van der Waals surface area contributed by atoms with Crippen LogP contribution in [0.25, 0.3) is 0 Å². The maximum absolute atomic E-state index is 5.78. The van der Waals surface area contributed by atoms with E-state index < -0.39 is 0 Å². The van der Waals surface area contributed by atoms with Crippen LogP contribution in [0.4, 0.5) is 5.69 Å². The van der Waals surface area contributed by atoms with Crippen molar-refractivity contribution in [2.24, 2.45) is 0 Å². The smallest absolute Gasteiger partial charge is 0.0314 e. The van der Waals surface area contributed by atoms with Crippen LogP contribution in [0.1, 0.15) is 44.1 Å². The summed E-state index contributed by atoms with van der Waals surface area (Å²) in [5, 5.41) is 0. The highest BCUT2D eigenvalue weighted by Gasteiger charge is 2.29. The van der Waals surface area contributed by atoms with Gasteiger partial charge in [0, 0.05) is 30.9 Å². The second-order valence-corrected chi connectivity index (χ2v) is 6.86. The molecule has 0 amide bonds. The van der Waals surface area contributed by atoms with Gasteiger partial charge in [0.1, 0.15) is 0 Å². The van der Waals surface area contributed by atoms with Gasteiger partial charge in [-0.1, -0.05) is 18.6 Å². The summed E-state index contributed by atoms with van der Waals surface area (Å²) in [5.41, 5.74) is 8.04. The lowest BCUT2D eigenvalue weighted by Gasteiger charge is -2.34. The van der Waals surface area contributed by atoms with Crippen molar-refractivity contribution in [1.82, 2.24) is 9.80 Å². The van der Waals surface area contributed by atoms with Crippen LogP contribution in [0, 0.1) is 0 Å².